The normalized spacial score (nSPS) is 17.7. The molecule has 5 nitrogen and oxygen atoms in total. The summed E-state index contributed by atoms with van der Waals surface area (Å²) in [5, 5.41) is 0. The zero-order valence-corrected chi connectivity index (χ0v) is 15.7. The number of pyridine rings is 1. The van der Waals surface area contributed by atoms with Gasteiger partial charge in [-0.05, 0) is 49.6 Å². The lowest BCUT2D eigenvalue weighted by Gasteiger charge is -2.35. The summed E-state index contributed by atoms with van der Waals surface area (Å²) < 4.78 is 16.8. The van der Waals surface area contributed by atoms with Crippen LogP contribution < -0.4 is 14.2 Å². The number of para-hydroxylation sites is 1. The lowest BCUT2D eigenvalue weighted by Crippen LogP contribution is -2.34. The number of aromatic nitrogens is 1. The Labute approximate surface area is 155 Å². The minimum absolute atomic E-state index is 0.471. The summed E-state index contributed by atoms with van der Waals surface area (Å²) in [6, 6.07) is 10.4. The molecule has 1 aromatic carbocycles. The molecule has 26 heavy (non-hydrogen) atoms. The van der Waals surface area contributed by atoms with Crippen LogP contribution in [0.4, 0.5) is 0 Å². The molecule has 0 aliphatic carbocycles. The first kappa shape index (κ1) is 18.5. The lowest BCUT2D eigenvalue weighted by molar-refractivity contribution is 0.136. The zero-order valence-electron chi connectivity index (χ0n) is 15.7. The highest BCUT2D eigenvalue weighted by Crippen LogP contribution is 2.37. The number of piperidine rings is 1. The van der Waals surface area contributed by atoms with Gasteiger partial charge in [0.05, 0.1) is 20.8 Å². The van der Waals surface area contributed by atoms with Crippen molar-refractivity contribution in [2.75, 3.05) is 33.9 Å². The van der Waals surface area contributed by atoms with E-state index in [-0.39, 0.29) is 0 Å². The van der Waals surface area contributed by atoms with E-state index in [1.54, 1.807) is 14.2 Å². The monoisotopic (exact) mass is 356 g/mol. The second-order valence-electron chi connectivity index (χ2n) is 6.53. The number of methoxy groups -OCH3 is 2. The SMILES string of the molecule is COc1cccc(OC)c1OCCCN1CCCC[C@@H]1c1cccnc1. The van der Waals surface area contributed by atoms with E-state index in [0.717, 1.165) is 19.5 Å². The van der Waals surface area contributed by atoms with Gasteiger partial charge in [0, 0.05) is 25.0 Å². The Morgan fingerprint density at radius 1 is 1.08 bits per heavy atom. The van der Waals surface area contributed by atoms with Crippen LogP contribution in [0.2, 0.25) is 0 Å². The number of likely N-dealkylation sites (tertiary alicyclic amines) is 1. The average molecular weight is 356 g/mol. The van der Waals surface area contributed by atoms with E-state index in [1.165, 1.54) is 24.8 Å². The molecule has 0 N–H and O–H groups in total. The zero-order chi connectivity index (χ0) is 18.2. The molecular formula is C21H28N2O3. The largest absolute Gasteiger partial charge is 0.493 e. The summed E-state index contributed by atoms with van der Waals surface area (Å²) in [4.78, 5) is 6.85. The van der Waals surface area contributed by atoms with Crippen molar-refractivity contribution in [3.05, 3.63) is 48.3 Å². The van der Waals surface area contributed by atoms with Crippen molar-refractivity contribution in [2.24, 2.45) is 0 Å². The Morgan fingerprint density at radius 2 is 1.88 bits per heavy atom. The fourth-order valence-corrected chi connectivity index (χ4v) is 3.61. The predicted octanol–water partition coefficient (Wildman–Crippen LogP) is 4.09. The average Bonchev–Trinajstić information content (AvgIpc) is 2.72. The van der Waals surface area contributed by atoms with Crippen molar-refractivity contribution in [3.8, 4) is 17.2 Å². The second kappa shape index (κ2) is 9.43. The third-order valence-corrected chi connectivity index (χ3v) is 4.90. The Balaban J connectivity index is 1.56. The molecule has 3 rings (SSSR count). The maximum absolute atomic E-state index is 5.99. The summed E-state index contributed by atoms with van der Waals surface area (Å²) in [5.41, 5.74) is 1.32. The summed E-state index contributed by atoms with van der Waals surface area (Å²) in [5.74, 6) is 2.09. The third-order valence-electron chi connectivity index (χ3n) is 4.90. The first-order valence-corrected chi connectivity index (χ1v) is 9.31. The topological polar surface area (TPSA) is 43.8 Å². The fraction of sp³-hybridized carbons (Fsp3) is 0.476. The van der Waals surface area contributed by atoms with Crippen LogP contribution in [0.3, 0.4) is 0 Å². The summed E-state index contributed by atoms with van der Waals surface area (Å²) in [7, 11) is 3.29. The van der Waals surface area contributed by atoms with Crippen LogP contribution in [0.25, 0.3) is 0 Å². The van der Waals surface area contributed by atoms with Gasteiger partial charge in [0.15, 0.2) is 11.5 Å². The maximum atomic E-state index is 5.99. The van der Waals surface area contributed by atoms with Gasteiger partial charge in [-0.3, -0.25) is 9.88 Å². The van der Waals surface area contributed by atoms with Crippen molar-refractivity contribution in [3.63, 3.8) is 0 Å². The quantitative estimate of drug-likeness (QED) is 0.667. The molecule has 0 saturated carbocycles. The molecule has 1 saturated heterocycles. The van der Waals surface area contributed by atoms with Crippen LogP contribution in [-0.2, 0) is 0 Å². The van der Waals surface area contributed by atoms with Crippen molar-refractivity contribution in [1.82, 2.24) is 9.88 Å². The highest BCUT2D eigenvalue weighted by Gasteiger charge is 2.23. The summed E-state index contributed by atoms with van der Waals surface area (Å²) >= 11 is 0. The molecule has 1 atom stereocenters. The molecule has 5 heteroatoms. The van der Waals surface area contributed by atoms with Crippen LogP contribution in [0.1, 0.15) is 37.3 Å². The maximum Gasteiger partial charge on any atom is 0.203 e. The third kappa shape index (κ3) is 4.47. The molecule has 1 aliphatic rings. The van der Waals surface area contributed by atoms with Crippen molar-refractivity contribution in [1.29, 1.82) is 0 Å². The van der Waals surface area contributed by atoms with E-state index in [1.807, 2.05) is 36.7 Å². The van der Waals surface area contributed by atoms with Gasteiger partial charge >= 0.3 is 0 Å². The highest BCUT2D eigenvalue weighted by atomic mass is 16.5. The van der Waals surface area contributed by atoms with E-state index in [2.05, 4.69) is 16.0 Å². The first-order chi connectivity index (χ1) is 12.8. The predicted molar refractivity (Wildman–Crippen MR) is 102 cm³/mol. The molecule has 0 spiro atoms. The molecule has 0 bridgehead atoms. The smallest absolute Gasteiger partial charge is 0.203 e. The van der Waals surface area contributed by atoms with Gasteiger partial charge in [0.1, 0.15) is 0 Å². The van der Waals surface area contributed by atoms with Gasteiger partial charge in [-0.2, -0.15) is 0 Å². The first-order valence-electron chi connectivity index (χ1n) is 9.31. The summed E-state index contributed by atoms with van der Waals surface area (Å²) in [6.45, 7) is 2.78. The Hall–Kier alpha value is -2.27. The van der Waals surface area contributed by atoms with Crippen LogP contribution in [0.5, 0.6) is 17.2 Å². The highest BCUT2D eigenvalue weighted by molar-refractivity contribution is 5.51. The number of nitrogens with zero attached hydrogens (tertiary/aromatic N) is 2. The second-order valence-corrected chi connectivity index (χ2v) is 6.53. The van der Waals surface area contributed by atoms with Crippen molar-refractivity contribution < 1.29 is 14.2 Å². The summed E-state index contributed by atoms with van der Waals surface area (Å²) in [6.07, 6.45) is 8.54. The van der Waals surface area contributed by atoms with E-state index in [0.29, 0.717) is 29.9 Å². The van der Waals surface area contributed by atoms with Gasteiger partial charge in [0.25, 0.3) is 0 Å². The Bertz CT molecular complexity index is 656. The van der Waals surface area contributed by atoms with Crippen LogP contribution in [-0.4, -0.2) is 43.8 Å². The Kier molecular flexibility index (Phi) is 6.72. The fourth-order valence-electron chi connectivity index (χ4n) is 3.61. The molecular weight excluding hydrogens is 328 g/mol. The molecule has 2 aromatic rings. The molecule has 1 fully saturated rings. The lowest BCUT2D eigenvalue weighted by atomic mass is 9.96. The van der Waals surface area contributed by atoms with Gasteiger partial charge in [-0.25, -0.2) is 0 Å². The van der Waals surface area contributed by atoms with E-state index < -0.39 is 0 Å². The van der Waals surface area contributed by atoms with E-state index in [9.17, 15) is 0 Å². The van der Waals surface area contributed by atoms with Crippen molar-refractivity contribution >= 4 is 0 Å². The Morgan fingerprint density at radius 3 is 2.58 bits per heavy atom. The number of hydrogen-bond acceptors (Lipinski definition) is 5. The molecule has 0 amide bonds. The van der Waals surface area contributed by atoms with Crippen LogP contribution in [0, 0.1) is 0 Å². The molecule has 0 unspecified atom stereocenters. The van der Waals surface area contributed by atoms with Gasteiger partial charge in [-0.1, -0.05) is 18.6 Å². The molecule has 140 valence electrons. The van der Waals surface area contributed by atoms with Crippen LogP contribution in [0.15, 0.2) is 42.7 Å². The van der Waals surface area contributed by atoms with Crippen LogP contribution >= 0.6 is 0 Å². The number of rotatable bonds is 8. The number of ether oxygens (including phenoxy) is 3. The number of benzene rings is 1. The van der Waals surface area contributed by atoms with Crippen molar-refractivity contribution in [2.45, 2.75) is 31.7 Å². The van der Waals surface area contributed by atoms with E-state index in [4.69, 9.17) is 14.2 Å². The van der Waals surface area contributed by atoms with Gasteiger partial charge in [-0.15, -0.1) is 0 Å². The number of hydrogen-bond donors (Lipinski definition) is 0. The standard InChI is InChI=1S/C21H28N2O3/c1-24-19-10-5-11-20(25-2)21(19)26-15-7-14-23-13-4-3-9-18(23)17-8-6-12-22-16-17/h5-6,8,10-12,16,18H,3-4,7,9,13-15H2,1-2H3/t18-/m1/s1. The van der Waals surface area contributed by atoms with Gasteiger partial charge in [0.2, 0.25) is 5.75 Å². The molecule has 0 radical (unpaired) electrons. The minimum atomic E-state index is 0.471. The van der Waals surface area contributed by atoms with Gasteiger partial charge < -0.3 is 14.2 Å². The molecule has 1 aliphatic heterocycles. The molecule has 2 heterocycles. The molecule has 1 aromatic heterocycles. The minimum Gasteiger partial charge on any atom is -0.493 e. The van der Waals surface area contributed by atoms with E-state index >= 15 is 0 Å².